The van der Waals surface area contributed by atoms with Crippen LogP contribution < -0.4 is 0 Å². The Balaban J connectivity index is 1.68. The van der Waals surface area contributed by atoms with Crippen LogP contribution in [-0.2, 0) is 9.47 Å². The second-order valence-electron chi connectivity index (χ2n) is 7.44. The van der Waals surface area contributed by atoms with Crippen molar-refractivity contribution in [1.29, 1.82) is 0 Å². The number of benzene rings is 1. The molecule has 1 N–H and O–H groups in total. The molecule has 0 saturated carbocycles. The molecular weight excluding hydrogens is 312 g/mol. The van der Waals surface area contributed by atoms with Gasteiger partial charge in [0, 0.05) is 35.0 Å². The number of aryl methyl sites for hydroxylation is 1. The summed E-state index contributed by atoms with van der Waals surface area (Å²) < 4.78 is 11.3. The van der Waals surface area contributed by atoms with E-state index >= 15 is 0 Å². The highest BCUT2D eigenvalue weighted by Gasteiger charge is 2.37. The first-order valence-electron chi connectivity index (χ1n) is 8.80. The highest BCUT2D eigenvalue weighted by Crippen LogP contribution is 2.41. The number of aliphatic imine (C=N–C) groups is 1. The van der Waals surface area contributed by atoms with Crippen LogP contribution in [0.4, 0.5) is 0 Å². The largest absolute Gasteiger partial charge is 0.361 e. The molecular formula is C21H24N2O2. The summed E-state index contributed by atoms with van der Waals surface area (Å²) >= 11 is 0. The van der Waals surface area contributed by atoms with Crippen molar-refractivity contribution >= 4 is 11.8 Å². The molecule has 1 aromatic heterocycles. The van der Waals surface area contributed by atoms with Crippen molar-refractivity contribution < 1.29 is 9.47 Å². The highest BCUT2D eigenvalue weighted by molar-refractivity contribution is 5.93. The SMILES string of the molecule is Cc1ccc(-c2cc[nH]c2/C=C2\N=C(C3OCCO3)CC2(C)C)cc1. The molecule has 0 radical (unpaired) electrons. The van der Waals surface area contributed by atoms with Gasteiger partial charge in [-0.25, -0.2) is 0 Å². The van der Waals surface area contributed by atoms with Crippen LogP contribution in [0.3, 0.4) is 0 Å². The van der Waals surface area contributed by atoms with Crippen molar-refractivity contribution in [2.24, 2.45) is 10.4 Å². The Morgan fingerprint density at radius 1 is 1.12 bits per heavy atom. The van der Waals surface area contributed by atoms with Gasteiger partial charge in [0.15, 0.2) is 6.29 Å². The van der Waals surface area contributed by atoms with E-state index in [-0.39, 0.29) is 11.7 Å². The molecule has 3 heterocycles. The van der Waals surface area contributed by atoms with E-state index in [4.69, 9.17) is 14.5 Å². The Labute approximate surface area is 148 Å². The lowest BCUT2D eigenvalue weighted by Crippen LogP contribution is -2.22. The minimum atomic E-state index is -0.273. The third-order valence-electron chi connectivity index (χ3n) is 4.90. The fraction of sp³-hybridized carbons (Fsp3) is 0.381. The van der Waals surface area contributed by atoms with E-state index in [9.17, 15) is 0 Å². The summed E-state index contributed by atoms with van der Waals surface area (Å²) in [7, 11) is 0. The number of aromatic nitrogens is 1. The number of nitrogens with one attached hydrogen (secondary N) is 1. The van der Waals surface area contributed by atoms with Gasteiger partial charge in [0.2, 0.25) is 0 Å². The smallest absolute Gasteiger partial charge is 0.197 e. The summed E-state index contributed by atoms with van der Waals surface area (Å²) in [6.45, 7) is 7.85. The van der Waals surface area contributed by atoms with Crippen LogP contribution in [0.1, 0.15) is 31.5 Å². The second kappa shape index (κ2) is 6.28. The van der Waals surface area contributed by atoms with Gasteiger partial charge in [-0.1, -0.05) is 43.7 Å². The molecule has 4 rings (SSSR count). The molecule has 2 aliphatic rings. The summed E-state index contributed by atoms with van der Waals surface area (Å²) in [5.74, 6) is 0. The van der Waals surface area contributed by atoms with Gasteiger partial charge in [-0.2, -0.15) is 0 Å². The van der Waals surface area contributed by atoms with Gasteiger partial charge in [-0.3, -0.25) is 4.99 Å². The van der Waals surface area contributed by atoms with Gasteiger partial charge >= 0.3 is 0 Å². The van der Waals surface area contributed by atoms with Gasteiger partial charge in [0.25, 0.3) is 0 Å². The monoisotopic (exact) mass is 336 g/mol. The van der Waals surface area contributed by atoms with Crippen molar-refractivity contribution in [2.45, 2.75) is 33.5 Å². The molecule has 130 valence electrons. The summed E-state index contributed by atoms with van der Waals surface area (Å²) in [6, 6.07) is 10.7. The molecule has 0 spiro atoms. The zero-order valence-electron chi connectivity index (χ0n) is 15.0. The summed E-state index contributed by atoms with van der Waals surface area (Å²) in [6.07, 6.45) is 4.74. The van der Waals surface area contributed by atoms with Gasteiger partial charge in [-0.05, 0) is 24.6 Å². The van der Waals surface area contributed by atoms with Gasteiger partial charge in [0.05, 0.1) is 18.9 Å². The molecule has 1 fully saturated rings. The summed E-state index contributed by atoms with van der Waals surface area (Å²) in [5.41, 5.74) is 6.79. The average Bonchev–Trinajstić information content (AvgIpc) is 3.30. The molecule has 2 aliphatic heterocycles. The fourth-order valence-corrected chi connectivity index (χ4v) is 3.43. The van der Waals surface area contributed by atoms with E-state index in [0.717, 1.165) is 23.5 Å². The number of allylic oxidation sites excluding steroid dienone is 1. The summed E-state index contributed by atoms with van der Waals surface area (Å²) in [4.78, 5) is 8.21. The zero-order chi connectivity index (χ0) is 17.4. The Kier molecular flexibility index (Phi) is 4.10. The number of ether oxygens (including phenoxy) is 2. The Morgan fingerprint density at radius 2 is 1.84 bits per heavy atom. The van der Waals surface area contributed by atoms with Crippen LogP contribution in [0.5, 0.6) is 0 Å². The van der Waals surface area contributed by atoms with E-state index in [0.29, 0.717) is 13.2 Å². The maximum absolute atomic E-state index is 5.63. The fourth-order valence-electron chi connectivity index (χ4n) is 3.43. The zero-order valence-corrected chi connectivity index (χ0v) is 15.0. The normalized spacial score (nSPS) is 21.9. The van der Waals surface area contributed by atoms with Crippen molar-refractivity contribution in [3.8, 4) is 11.1 Å². The quantitative estimate of drug-likeness (QED) is 0.892. The van der Waals surface area contributed by atoms with Crippen molar-refractivity contribution in [3.05, 3.63) is 53.5 Å². The first-order valence-corrected chi connectivity index (χ1v) is 8.80. The number of rotatable bonds is 3. The Bertz CT molecular complexity index is 822. The molecule has 0 atom stereocenters. The van der Waals surface area contributed by atoms with E-state index in [2.05, 4.69) is 62.2 Å². The topological polar surface area (TPSA) is 46.6 Å². The van der Waals surface area contributed by atoms with Crippen LogP contribution in [0.15, 0.2) is 47.2 Å². The van der Waals surface area contributed by atoms with Gasteiger partial charge in [0.1, 0.15) is 0 Å². The maximum Gasteiger partial charge on any atom is 0.197 e. The molecule has 4 nitrogen and oxygen atoms in total. The van der Waals surface area contributed by atoms with E-state index in [1.165, 1.54) is 16.7 Å². The number of hydrogen-bond donors (Lipinski definition) is 1. The van der Waals surface area contributed by atoms with Crippen LogP contribution in [0.25, 0.3) is 17.2 Å². The molecule has 0 unspecified atom stereocenters. The van der Waals surface area contributed by atoms with Crippen LogP contribution >= 0.6 is 0 Å². The molecule has 0 aliphatic carbocycles. The van der Waals surface area contributed by atoms with Gasteiger partial charge < -0.3 is 14.5 Å². The number of aromatic amines is 1. The minimum Gasteiger partial charge on any atom is -0.361 e. The first-order chi connectivity index (χ1) is 12.0. The van der Waals surface area contributed by atoms with E-state index in [1.54, 1.807) is 0 Å². The van der Waals surface area contributed by atoms with E-state index in [1.807, 2.05) is 6.20 Å². The average molecular weight is 336 g/mol. The molecule has 1 saturated heterocycles. The number of hydrogen-bond acceptors (Lipinski definition) is 3. The lowest BCUT2D eigenvalue weighted by molar-refractivity contribution is 0.0131. The van der Waals surface area contributed by atoms with Crippen molar-refractivity contribution in [2.75, 3.05) is 13.2 Å². The number of nitrogens with zero attached hydrogens (tertiary/aromatic N) is 1. The third-order valence-corrected chi connectivity index (χ3v) is 4.90. The molecule has 2 aromatic rings. The van der Waals surface area contributed by atoms with Crippen molar-refractivity contribution in [3.63, 3.8) is 0 Å². The van der Waals surface area contributed by atoms with Gasteiger partial charge in [-0.15, -0.1) is 0 Å². The number of H-pyrrole nitrogens is 1. The molecule has 1 aromatic carbocycles. The predicted octanol–water partition coefficient (Wildman–Crippen LogP) is 4.57. The Hall–Kier alpha value is -2.17. The summed E-state index contributed by atoms with van der Waals surface area (Å²) in [5, 5.41) is 0. The maximum atomic E-state index is 5.63. The lowest BCUT2D eigenvalue weighted by Gasteiger charge is -2.19. The van der Waals surface area contributed by atoms with Crippen LogP contribution in [0, 0.1) is 12.3 Å². The third kappa shape index (κ3) is 3.20. The molecule has 0 amide bonds. The van der Waals surface area contributed by atoms with Crippen LogP contribution in [0.2, 0.25) is 0 Å². The second-order valence-corrected chi connectivity index (χ2v) is 7.44. The highest BCUT2D eigenvalue weighted by atomic mass is 16.7. The van der Waals surface area contributed by atoms with E-state index < -0.39 is 0 Å². The van der Waals surface area contributed by atoms with Crippen LogP contribution in [-0.4, -0.2) is 30.2 Å². The molecule has 4 heteroatoms. The predicted molar refractivity (Wildman–Crippen MR) is 100 cm³/mol. The minimum absolute atomic E-state index is 0.0275. The van der Waals surface area contributed by atoms with Crippen molar-refractivity contribution in [1.82, 2.24) is 4.98 Å². The molecule has 25 heavy (non-hydrogen) atoms. The first kappa shape index (κ1) is 16.3. The lowest BCUT2D eigenvalue weighted by atomic mass is 9.86. The Morgan fingerprint density at radius 3 is 2.56 bits per heavy atom. The molecule has 0 bridgehead atoms. The standard InChI is InChI=1S/C21H24N2O2/c1-14-4-6-15(7-5-14)16-8-9-22-17(16)12-19-21(2,3)13-18(23-19)20-24-10-11-25-20/h4-9,12,20,22H,10-11,13H2,1-3H3/b19-12-.